The molecule has 0 saturated carbocycles. The molecule has 2 atom stereocenters. The largest absolute Gasteiger partial charge is 0.348 e. The fraction of sp³-hybridized carbons (Fsp3) is 0.350. The molecule has 0 fully saturated rings. The molecule has 0 aliphatic carbocycles. The molecular weight excluding hydrogens is 419 g/mol. The molecule has 0 saturated heterocycles. The number of nitrogens with zero attached hydrogens (tertiary/aromatic N) is 1. The van der Waals surface area contributed by atoms with Crippen LogP contribution in [0.5, 0.6) is 0 Å². The maximum atomic E-state index is 13.0. The molecule has 28 heavy (non-hydrogen) atoms. The van der Waals surface area contributed by atoms with E-state index in [1.165, 1.54) is 18.2 Å². The van der Waals surface area contributed by atoms with Gasteiger partial charge in [-0.2, -0.15) is 0 Å². The Labute approximate surface area is 176 Å². The Hall–Kier alpha value is -1.76. The van der Waals surface area contributed by atoms with Gasteiger partial charge in [-0.3, -0.25) is 9.10 Å². The van der Waals surface area contributed by atoms with Crippen molar-refractivity contribution in [3.8, 4) is 0 Å². The number of carbonyl (C=O) groups excluding carboxylic acids is 1. The van der Waals surface area contributed by atoms with E-state index in [-0.39, 0.29) is 17.0 Å². The molecule has 0 spiro atoms. The normalized spacial score (nSPS) is 13.6. The molecule has 0 bridgehead atoms. The molecule has 5 nitrogen and oxygen atoms in total. The zero-order valence-corrected chi connectivity index (χ0v) is 18.6. The van der Waals surface area contributed by atoms with Gasteiger partial charge in [0.05, 0.1) is 28.0 Å². The van der Waals surface area contributed by atoms with E-state index in [1.54, 1.807) is 6.92 Å². The van der Waals surface area contributed by atoms with Gasteiger partial charge in [0.1, 0.15) is 6.04 Å². The number of nitrogens with one attached hydrogen (secondary N) is 1. The van der Waals surface area contributed by atoms with E-state index < -0.39 is 16.1 Å². The Balaban J connectivity index is 2.33. The quantitative estimate of drug-likeness (QED) is 0.673. The molecule has 0 radical (unpaired) electrons. The summed E-state index contributed by atoms with van der Waals surface area (Å²) in [6, 6.07) is 11.1. The molecule has 0 aliphatic rings. The number of carbonyl (C=O) groups is 1. The molecule has 2 aromatic carbocycles. The van der Waals surface area contributed by atoms with Crippen LogP contribution in [-0.2, 0) is 14.8 Å². The highest BCUT2D eigenvalue weighted by Crippen LogP contribution is 2.30. The van der Waals surface area contributed by atoms with Crippen molar-refractivity contribution in [2.45, 2.75) is 39.3 Å². The summed E-state index contributed by atoms with van der Waals surface area (Å²) in [5.74, 6) is -0.382. The van der Waals surface area contributed by atoms with Crippen molar-refractivity contribution in [2.75, 3.05) is 10.6 Å². The van der Waals surface area contributed by atoms with E-state index in [1.807, 2.05) is 38.1 Å². The predicted octanol–water partition coefficient (Wildman–Crippen LogP) is 4.72. The first kappa shape index (κ1) is 22.5. The second-order valence-corrected chi connectivity index (χ2v) is 9.40. The van der Waals surface area contributed by atoms with E-state index in [0.717, 1.165) is 21.7 Å². The van der Waals surface area contributed by atoms with Crippen LogP contribution in [0.25, 0.3) is 0 Å². The smallest absolute Gasteiger partial charge is 0.244 e. The number of halogens is 2. The number of rotatable bonds is 7. The third kappa shape index (κ3) is 5.40. The first-order valence-corrected chi connectivity index (χ1v) is 11.5. The zero-order chi connectivity index (χ0) is 21.1. The Kier molecular flexibility index (Phi) is 7.37. The van der Waals surface area contributed by atoms with Crippen molar-refractivity contribution < 1.29 is 13.2 Å². The monoisotopic (exact) mass is 442 g/mol. The second-order valence-electron chi connectivity index (χ2n) is 6.72. The second kappa shape index (κ2) is 9.16. The van der Waals surface area contributed by atoms with Crippen LogP contribution in [0.15, 0.2) is 42.5 Å². The van der Waals surface area contributed by atoms with E-state index in [4.69, 9.17) is 23.2 Å². The number of amides is 1. The van der Waals surface area contributed by atoms with Crippen LogP contribution in [0.4, 0.5) is 5.69 Å². The Bertz CT molecular complexity index is 946. The van der Waals surface area contributed by atoms with Crippen molar-refractivity contribution >= 4 is 44.8 Å². The summed E-state index contributed by atoms with van der Waals surface area (Å²) in [6.07, 6.45) is 1.36. The van der Waals surface area contributed by atoms with Gasteiger partial charge in [0, 0.05) is 0 Å². The lowest BCUT2D eigenvalue weighted by Crippen LogP contribution is -2.49. The van der Waals surface area contributed by atoms with Gasteiger partial charge in [0.15, 0.2) is 0 Å². The minimum atomic E-state index is -3.74. The van der Waals surface area contributed by atoms with Gasteiger partial charge in [-0.15, -0.1) is 0 Å². The topological polar surface area (TPSA) is 66.5 Å². The molecular formula is C20H24Cl2N2O3S. The summed E-state index contributed by atoms with van der Waals surface area (Å²) in [4.78, 5) is 13.0. The summed E-state index contributed by atoms with van der Waals surface area (Å²) in [7, 11) is -3.74. The molecule has 0 aromatic heterocycles. The van der Waals surface area contributed by atoms with Gasteiger partial charge >= 0.3 is 0 Å². The molecule has 0 aliphatic heterocycles. The average Bonchev–Trinajstić information content (AvgIpc) is 2.61. The summed E-state index contributed by atoms with van der Waals surface area (Å²) in [5, 5.41) is 3.44. The summed E-state index contributed by atoms with van der Waals surface area (Å²) >= 11 is 12.0. The van der Waals surface area contributed by atoms with Crippen molar-refractivity contribution in [1.29, 1.82) is 0 Å². The van der Waals surface area contributed by atoms with Crippen molar-refractivity contribution in [3.05, 3.63) is 63.6 Å². The van der Waals surface area contributed by atoms with Crippen LogP contribution < -0.4 is 9.62 Å². The fourth-order valence-electron chi connectivity index (χ4n) is 2.93. The predicted molar refractivity (Wildman–Crippen MR) is 116 cm³/mol. The molecule has 2 rings (SSSR count). The number of aryl methyl sites for hydroxylation is 1. The first-order valence-electron chi connectivity index (χ1n) is 8.86. The highest BCUT2D eigenvalue weighted by Gasteiger charge is 2.32. The Morgan fingerprint density at radius 1 is 1.11 bits per heavy atom. The highest BCUT2D eigenvalue weighted by molar-refractivity contribution is 7.92. The summed E-state index contributed by atoms with van der Waals surface area (Å²) < 4.78 is 26.1. The standard InChI is InChI=1S/C20H24Cl2N2O3S/c1-5-19(20(25)23-14(3)15-8-6-13(2)7-9-15)24(28(4,26)27)16-10-11-17(21)18(22)12-16/h6-12,14,19H,5H2,1-4H3,(H,23,25)/t14-,19+/m0/s1. The average molecular weight is 443 g/mol. The molecule has 152 valence electrons. The van der Waals surface area contributed by atoms with Crippen LogP contribution in [0.3, 0.4) is 0 Å². The van der Waals surface area contributed by atoms with E-state index in [0.29, 0.717) is 17.1 Å². The summed E-state index contributed by atoms with van der Waals surface area (Å²) in [5.41, 5.74) is 2.35. The van der Waals surface area contributed by atoms with Gasteiger partial charge in [-0.25, -0.2) is 8.42 Å². The third-order valence-electron chi connectivity index (χ3n) is 4.42. The van der Waals surface area contributed by atoms with E-state index in [9.17, 15) is 13.2 Å². The van der Waals surface area contributed by atoms with Gasteiger partial charge in [-0.05, 0) is 44.0 Å². The van der Waals surface area contributed by atoms with Crippen molar-refractivity contribution in [1.82, 2.24) is 5.32 Å². The highest BCUT2D eigenvalue weighted by atomic mass is 35.5. The van der Waals surface area contributed by atoms with E-state index in [2.05, 4.69) is 5.32 Å². The van der Waals surface area contributed by atoms with Gasteiger partial charge < -0.3 is 5.32 Å². The van der Waals surface area contributed by atoms with Gasteiger partial charge in [0.25, 0.3) is 0 Å². The minimum absolute atomic E-state index is 0.219. The number of hydrogen-bond acceptors (Lipinski definition) is 3. The fourth-order valence-corrected chi connectivity index (χ4v) is 4.43. The maximum absolute atomic E-state index is 13.0. The molecule has 1 N–H and O–H groups in total. The van der Waals surface area contributed by atoms with Crippen LogP contribution in [0, 0.1) is 6.92 Å². The van der Waals surface area contributed by atoms with Crippen LogP contribution in [0.2, 0.25) is 10.0 Å². The molecule has 1 amide bonds. The number of anilines is 1. The van der Waals surface area contributed by atoms with Gasteiger partial charge in [0.2, 0.25) is 15.9 Å². The number of hydrogen-bond donors (Lipinski definition) is 1. The van der Waals surface area contributed by atoms with Crippen LogP contribution >= 0.6 is 23.2 Å². The minimum Gasteiger partial charge on any atom is -0.348 e. The van der Waals surface area contributed by atoms with Crippen molar-refractivity contribution in [3.63, 3.8) is 0 Å². The molecule has 2 aromatic rings. The Morgan fingerprint density at radius 2 is 1.71 bits per heavy atom. The Morgan fingerprint density at radius 3 is 2.21 bits per heavy atom. The summed E-state index contributed by atoms with van der Waals surface area (Å²) in [6.45, 7) is 5.61. The van der Waals surface area contributed by atoms with Crippen molar-refractivity contribution in [2.24, 2.45) is 0 Å². The van der Waals surface area contributed by atoms with Crippen LogP contribution in [0.1, 0.15) is 37.4 Å². The third-order valence-corrected chi connectivity index (χ3v) is 6.34. The van der Waals surface area contributed by atoms with Crippen LogP contribution in [-0.4, -0.2) is 26.6 Å². The lowest BCUT2D eigenvalue weighted by atomic mass is 10.1. The first-order chi connectivity index (χ1) is 13.0. The number of benzene rings is 2. The lowest BCUT2D eigenvalue weighted by molar-refractivity contribution is -0.122. The molecule has 8 heteroatoms. The number of sulfonamides is 1. The molecule has 0 heterocycles. The maximum Gasteiger partial charge on any atom is 0.244 e. The molecule has 0 unspecified atom stereocenters. The lowest BCUT2D eigenvalue weighted by Gasteiger charge is -2.31. The van der Waals surface area contributed by atoms with Gasteiger partial charge in [-0.1, -0.05) is 60.0 Å². The van der Waals surface area contributed by atoms with E-state index >= 15 is 0 Å². The zero-order valence-electron chi connectivity index (χ0n) is 16.2. The SMILES string of the molecule is CC[C@H](C(=O)N[C@@H](C)c1ccc(C)cc1)N(c1ccc(Cl)c(Cl)c1)S(C)(=O)=O.